The summed E-state index contributed by atoms with van der Waals surface area (Å²) in [5.41, 5.74) is 1.00. The van der Waals surface area contributed by atoms with Crippen LogP contribution in [-0.2, 0) is 0 Å². The van der Waals surface area contributed by atoms with Gasteiger partial charge in [-0.25, -0.2) is 0 Å². The van der Waals surface area contributed by atoms with Crippen LogP contribution in [0.2, 0.25) is 5.02 Å². The summed E-state index contributed by atoms with van der Waals surface area (Å²) in [5, 5.41) is 13.7. The van der Waals surface area contributed by atoms with Gasteiger partial charge < -0.3 is 14.5 Å². The fraction of sp³-hybridized carbons (Fsp3) is 0.227. The first-order chi connectivity index (χ1) is 14.5. The first-order valence-corrected chi connectivity index (χ1v) is 9.90. The predicted molar refractivity (Wildman–Crippen MR) is 117 cm³/mol. The summed E-state index contributed by atoms with van der Waals surface area (Å²) in [6.45, 7) is 1.89. The Morgan fingerprint density at radius 3 is 2.33 bits per heavy atom. The molecule has 0 aliphatic carbocycles. The summed E-state index contributed by atoms with van der Waals surface area (Å²) in [5.74, 6) is 0.428. The van der Waals surface area contributed by atoms with Crippen molar-refractivity contribution >= 4 is 39.7 Å². The molecule has 1 saturated heterocycles. The number of nitrogens with zero attached hydrogens (tertiary/aromatic N) is 3. The second-order valence-electron chi connectivity index (χ2n) is 7.07. The highest BCUT2D eigenvalue weighted by atomic mass is 35.5. The third-order valence-corrected chi connectivity index (χ3v) is 5.58. The Hall–Kier alpha value is -3.32. The number of halogens is 1. The molecule has 1 heterocycles. The molecule has 1 amide bonds. The number of anilines is 1. The first kappa shape index (κ1) is 20.0. The van der Waals surface area contributed by atoms with E-state index in [9.17, 15) is 14.9 Å². The summed E-state index contributed by atoms with van der Waals surface area (Å²) in [4.78, 5) is 27.8. The van der Waals surface area contributed by atoms with Crippen molar-refractivity contribution in [1.82, 2.24) is 4.90 Å². The van der Waals surface area contributed by atoms with Crippen LogP contribution >= 0.6 is 11.6 Å². The van der Waals surface area contributed by atoms with Crippen molar-refractivity contribution in [2.24, 2.45) is 0 Å². The maximum absolute atomic E-state index is 13.2. The Balaban J connectivity index is 1.54. The second-order valence-corrected chi connectivity index (χ2v) is 7.51. The molecule has 154 valence electrons. The number of amides is 1. The average molecular weight is 426 g/mol. The standard InChI is InChI=1S/C22H20ClN3O4/c1-30-21-13-16-5-3-2-4-15(16)12-18(21)22(27)25-10-8-24(9-11-25)19-7-6-17(23)14-20(19)26(28)29/h2-7,12-14H,8-11H2,1H3. The van der Waals surface area contributed by atoms with Gasteiger partial charge in [0, 0.05) is 37.3 Å². The molecule has 0 spiro atoms. The van der Waals surface area contributed by atoms with Crippen molar-refractivity contribution in [2.45, 2.75) is 0 Å². The lowest BCUT2D eigenvalue weighted by atomic mass is 10.0. The van der Waals surface area contributed by atoms with Gasteiger partial charge in [0.25, 0.3) is 11.6 Å². The van der Waals surface area contributed by atoms with Crippen molar-refractivity contribution in [1.29, 1.82) is 0 Å². The average Bonchev–Trinajstić information content (AvgIpc) is 2.77. The van der Waals surface area contributed by atoms with Crippen LogP contribution in [0.3, 0.4) is 0 Å². The Labute approximate surface area is 178 Å². The molecule has 7 nitrogen and oxygen atoms in total. The molecular formula is C22H20ClN3O4. The zero-order valence-corrected chi connectivity index (χ0v) is 17.1. The van der Waals surface area contributed by atoms with Gasteiger partial charge in [-0.05, 0) is 35.0 Å². The quantitative estimate of drug-likeness (QED) is 0.458. The van der Waals surface area contributed by atoms with Crippen LogP contribution < -0.4 is 9.64 Å². The molecule has 1 fully saturated rings. The van der Waals surface area contributed by atoms with E-state index >= 15 is 0 Å². The van der Waals surface area contributed by atoms with E-state index in [-0.39, 0.29) is 11.6 Å². The van der Waals surface area contributed by atoms with Gasteiger partial charge in [0.05, 0.1) is 17.6 Å². The summed E-state index contributed by atoms with van der Waals surface area (Å²) < 4.78 is 5.46. The number of benzene rings is 3. The molecule has 3 aromatic rings. The number of carbonyl (C=O) groups excluding carboxylic acids is 1. The first-order valence-electron chi connectivity index (χ1n) is 9.53. The molecule has 30 heavy (non-hydrogen) atoms. The largest absolute Gasteiger partial charge is 0.496 e. The van der Waals surface area contributed by atoms with Gasteiger partial charge >= 0.3 is 0 Å². The molecule has 4 rings (SSSR count). The minimum absolute atomic E-state index is 0.0292. The van der Waals surface area contributed by atoms with E-state index in [1.807, 2.05) is 41.3 Å². The number of methoxy groups -OCH3 is 1. The summed E-state index contributed by atoms with van der Waals surface area (Å²) in [7, 11) is 1.55. The Morgan fingerprint density at radius 1 is 1.03 bits per heavy atom. The van der Waals surface area contributed by atoms with Gasteiger partial charge in [-0.2, -0.15) is 0 Å². The van der Waals surface area contributed by atoms with Crippen molar-refractivity contribution in [2.75, 3.05) is 38.2 Å². The molecule has 0 unspecified atom stereocenters. The topological polar surface area (TPSA) is 75.9 Å². The highest BCUT2D eigenvalue weighted by Gasteiger charge is 2.28. The van der Waals surface area contributed by atoms with Gasteiger partial charge in [0.1, 0.15) is 11.4 Å². The van der Waals surface area contributed by atoms with Gasteiger partial charge in [-0.3, -0.25) is 14.9 Å². The minimum atomic E-state index is -0.432. The van der Waals surface area contributed by atoms with Crippen LogP contribution in [0.4, 0.5) is 11.4 Å². The molecule has 1 aliphatic heterocycles. The van der Waals surface area contributed by atoms with Gasteiger partial charge in [-0.15, -0.1) is 0 Å². The number of carbonyl (C=O) groups is 1. The Morgan fingerprint density at radius 2 is 1.70 bits per heavy atom. The summed E-state index contributed by atoms with van der Waals surface area (Å²) in [6.07, 6.45) is 0. The summed E-state index contributed by atoms with van der Waals surface area (Å²) in [6, 6.07) is 16.2. The minimum Gasteiger partial charge on any atom is -0.496 e. The second kappa shape index (κ2) is 8.20. The van der Waals surface area contributed by atoms with Crippen molar-refractivity contribution in [3.63, 3.8) is 0 Å². The Kier molecular flexibility index (Phi) is 5.46. The maximum atomic E-state index is 13.2. The smallest absolute Gasteiger partial charge is 0.294 e. The van der Waals surface area contributed by atoms with E-state index in [4.69, 9.17) is 16.3 Å². The predicted octanol–water partition coefficient (Wildman–Crippen LogP) is 4.37. The maximum Gasteiger partial charge on any atom is 0.294 e. The van der Waals surface area contributed by atoms with Crippen LogP contribution in [0.25, 0.3) is 10.8 Å². The zero-order chi connectivity index (χ0) is 21.3. The van der Waals surface area contributed by atoms with Gasteiger partial charge in [0.2, 0.25) is 0 Å². The van der Waals surface area contributed by atoms with Crippen LogP contribution in [0.5, 0.6) is 5.75 Å². The number of nitro groups is 1. The third-order valence-electron chi connectivity index (χ3n) is 5.34. The van der Waals surface area contributed by atoms with Crippen molar-refractivity contribution in [3.8, 4) is 5.75 Å². The van der Waals surface area contributed by atoms with Crippen LogP contribution in [-0.4, -0.2) is 49.0 Å². The molecule has 1 aliphatic rings. The number of ether oxygens (including phenoxy) is 1. The molecule has 8 heteroatoms. The fourth-order valence-electron chi connectivity index (χ4n) is 3.79. The molecule has 0 atom stereocenters. The van der Waals surface area contributed by atoms with E-state index < -0.39 is 4.92 Å². The molecule has 0 bridgehead atoms. The zero-order valence-electron chi connectivity index (χ0n) is 16.4. The molecule has 0 radical (unpaired) electrons. The van der Waals surface area contributed by atoms with Crippen LogP contribution in [0, 0.1) is 10.1 Å². The van der Waals surface area contributed by atoms with Crippen LogP contribution in [0.15, 0.2) is 54.6 Å². The van der Waals surface area contributed by atoms with E-state index in [1.54, 1.807) is 24.1 Å². The van der Waals surface area contributed by atoms with Crippen molar-refractivity contribution < 1.29 is 14.5 Å². The van der Waals surface area contributed by atoms with Gasteiger partial charge in [-0.1, -0.05) is 35.9 Å². The number of piperazine rings is 1. The van der Waals surface area contributed by atoms with E-state index in [0.717, 1.165) is 10.8 Å². The lowest BCUT2D eigenvalue weighted by molar-refractivity contribution is -0.384. The van der Waals surface area contributed by atoms with Crippen molar-refractivity contribution in [3.05, 3.63) is 75.3 Å². The lowest BCUT2D eigenvalue weighted by Crippen LogP contribution is -2.49. The lowest BCUT2D eigenvalue weighted by Gasteiger charge is -2.36. The monoisotopic (exact) mass is 425 g/mol. The number of hydrogen-bond donors (Lipinski definition) is 0. The normalized spacial score (nSPS) is 14.1. The number of rotatable bonds is 4. The highest BCUT2D eigenvalue weighted by Crippen LogP contribution is 2.32. The SMILES string of the molecule is COc1cc2ccccc2cc1C(=O)N1CCN(c2ccc(Cl)cc2[N+](=O)[O-])CC1. The number of nitro benzene ring substituents is 1. The molecule has 0 aromatic heterocycles. The number of hydrogen-bond acceptors (Lipinski definition) is 5. The molecule has 3 aromatic carbocycles. The van der Waals surface area contributed by atoms with E-state index in [1.165, 1.54) is 6.07 Å². The third kappa shape index (κ3) is 3.76. The van der Waals surface area contributed by atoms with Gasteiger partial charge in [0.15, 0.2) is 0 Å². The van der Waals surface area contributed by atoms with E-state index in [2.05, 4.69) is 0 Å². The number of fused-ring (bicyclic) bond motifs is 1. The molecule has 0 N–H and O–H groups in total. The fourth-order valence-corrected chi connectivity index (χ4v) is 3.95. The summed E-state index contributed by atoms with van der Waals surface area (Å²) >= 11 is 5.91. The highest BCUT2D eigenvalue weighted by molar-refractivity contribution is 6.30. The van der Waals surface area contributed by atoms with Crippen LogP contribution in [0.1, 0.15) is 10.4 Å². The molecule has 0 saturated carbocycles. The molecular weight excluding hydrogens is 406 g/mol. The Bertz CT molecular complexity index is 1130. The van der Waals surface area contributed by atoms with E-state index in [0.29, 0.717) is 48.2 Å².